The standard InChI is InChI=1S/C10H8ClF2NO2/c11-14-4-3-6-1-2-7(16-10(12)13)5-8(6)9(14)15/h1-2,5,10H,3-4H2. The van der Waals surface area contributed by atoms with Crippen molar-refractivity contribution in [3.8, 4) is 5.75 Å². The van der Waals surface area contributed by atoms with Crippen LogP contribution < -0.4 is 4.74 Å². The minimum atomic E-state index is -2.90. The van der Waals surface area contributed by atoms with E-state index in [9.17, 15) is 13.6 Å². The third kappa shape index (κ3) is 2.09. The Labute approximate surface area is 95.7 Å². The Morgan fingerprint density at radius 3 is 2.88 bits per heavy atom. The fourth-order valence-electron chi connectivity index (χ4n) is 1.60. The van der Waals surface area contributed by atoms with Gasteiger partial charge in [-0.05, 0) is 24.1 Å². The molecule has 1 aliphatic heterocycles. The van der Waals surface area contributed by atoms with Gasteiger partial charge in [0.05, 0.1) is 0 Å². The molecule has 86 valence electrons. The lowest BCUT2D eigenvalue weighted by atomic mass is 10.0. The monoisotopic (exact) mass is 247 g/mol. The molecule has 0 aliphatic carbocycles. The van der Waals surface area contributed by atoms with Crippen molar-refractivity contribution in [3.05, 3.63) is 29.3 Å². The van der Waals surface area contributed by atoms with Gasteiger partial charge in [0.2, 0.25) is 0 Å². The number of rotatable bonds is 2. The number of hydrogen-bond acceptors (Lipinski definition) is 2. The largest absolute Gasteiger partial charge is 0.435 e. The number of hydrogen-bond donors (Lipinski definition) is 0. The molecule has 1 amide bonds. The molecule has 1 aliphatic rings. The molecule has 0 saturated carbocycles. The Balaban J connectivity index is 2.33. The van der Waals surface area contributed by atoms with Gasteiger partial charge in [-0.3, -0.25) is 9.21 Å². The molecule has 3 nitrogen and oxygen atoms in total. The van der Waals surface area contributed by atoms with E-state index in [0.29, 0.717) is 18.5 Å². The molecular weight excluding hydrogens is 240 g/mol. The fraction of sp³-hybridized carbons (Fsp3) is 0.300. The molecule has 0 radical (unpaired) electrons. The summed E-state index contributed by atoms with van der Waals surface area (Å²) in [6, 6.07) is 4.31. The first-order valence-corrected chi connectivity index (χ1v) is 4.97. The predicted octanol–water partition coefficient (Wildman–Crippen LogP) is 2.44. The van der Waals surface area contributed by atoms with E-state index in [4.69, 9.17) is 11.8 Å². The van der Waals surface area contributed by atoms with Crippen LogP contribution in [0, 0.1) is 0 Å². The lowest BCUT2D eigenvalue weighted by molar-refractivity contribution is -0.0499. The molecule has 1 aromatic rings. The highest BCUT2D eigenvalue weighted by atomic mass is 35.5. The van der Waals surface area contributed by atoms with E-state index in [0.717, 1.165) is 9.98 Å². The molecule has 0 spiro atoms. The molecule has 2 rings (SSSR count). The zero-order valence-corrected chi connectivity index (χ0v) is 8.88. The molecule has 0 aromatic heterocycles. The van der Waals surface area contributed by atoms with Gasteiger partial charge in [0, 0.05) is 23.9 Å². The van der Waals surface area contributed by atoms with Crippen LogP contribution in [0.5, 0.6) is 5.75 Å². The molecule has 0 unspecified atom stereocenters. The smallest absolute Gasteiger partial charge is 0.387 e. The Hall–Kier alpha value is -1.36. The number of fused-ring (bicyclic) bond motifs is 1. The second-order valence-electron chi connectivity index (χ2n) is 3.34. The van der Waals surface area contributed by atoms with E-state index in [2.05, 4.69) is 4.74 Å². The first-order chi connectivity index (χ1) is 7.58. The summed E-state index contributed by atoms with van der Waals surface area (Å²) in [5.74, 6) is -0.420. The summed E-state index contributed by atoms with van der Waals surface area (Å²) < 4.78 is 29.2. The SMILES string of the molecule is O=C1c2cc(OC(F)F)ccc2CCN1Cl. The Kier molecular flexibility index (Phi) is 2.96. The molecule has 0 bridgehead atoms. The number of benzene rings is 1. The van der Waals surface area contributed by atoms with Gasteiger partial charge in [-0.1, -0.05) is 6.07 Å². The van der Waals surface area contributed by atoms with Crippen LogP contribution in [0.4, 0.5) is 8.78 Å². The summed E-state index contributed by atoms with van der Waals surface area (Å²) in [4.78, 5) is 11.6. The molecule has 6 heteroatoms. The lowest BCUT2D eigenvalue weighted by Gasteiger charge is -2.22. The number of carbonyl (C=O) groups excluding carboxylic acids is 1. The number of alkyl halides is 2. The lowest BCUT2D eigenvalue weighted by Crippen LogP contribution is -2.30. The number of nitrogens with zero attached hydrogens (tertiary/aromatic N) is 1. The molecular formula is C10H8ClF2NO2. The minimum Gasteiger partial charge on any atom is -0.435 e. The van der Waals surface area contributed by atoms with Crippen molar-refractivity contribution in [1.82, 2.24) is 4.42 Å². The molecule has 0 N–H and O–H groups in total. The van der Waals surface area contributed by atoms with Crippen molar-refractivity contribution < 1.29 is 18.3 Å². The number of amides is 1. The highest BCUT2D eigenvalue weighted by molar-refractivity contribution is 6.24. The van der Waals surface area contributed by atoms with E-state index in [-0.39, 0.29) is 11.7 Å². The summed E-state index contributed by atoms with van der Waals surface area (Å²) in [6.07, 6.45) is 0.611. The normalized spacial score (nSPS) is 15.2. The van der Waals surface area contributed by atoms with E-state index < -0.39 is 6.61 Å². The van der Waals surface area contributed by atoms with Gasteiger partial charge < -0.3 is 4.74 Å². The van der Waals surface area contributed by atoms with Gasteiger partial charge in [0.1, 0.15) is 5.75 Å². The zero-order valence-electron chi connectivity index (χ0n) is 8.12. The number of carbonyl (C=O) groups is 1. The summed E-state index contributed by atoms with van der Waals surface area (Å²) in [5, 5.41) is 0. The second-order valence-corrected chi connectivity index (χ2v) is 3.75. The van der Waals surface area contributed by atoms with Crippen LogP contribution in [-0.4, -0.2) is 23.5 Å². The summed E-state index contributed by atoms with van der Waals surface area (Å²) >= 11 is 5.65. The number of ether oxygens (including phenoxy) is 1. The van der Waals surface area contributed by atoms with E-state index >= 15 is 0 Å². The van der Waals surface area contributed by atoms with E-state index in [1.807, 2.05) is 0 Å². The first kappa shape index (κ1) is 11.1. The minimum absolute atomic E-state index is 0.0333. The van der Waals surface area contributed by atoms with Crippen molar-refractivity contribution in [2.45, 2.75) is 13.0 Å². The van der Waals surface area contributed by atoms with Crippen LogP contribution >= 0.6 is 11.8 Å². The third-order valence-electron chi connectivity index (χ3n) is 2.33. The molecule has 0 fully saturated rings. The predicted molar refractivity (Wildman–Crippen MR) is 53.7 cm³/mol. The Bertz CT molecular complexity index is 425. The van der Waals surface area contributed by atoms with E-state index in [1.54, 1.807) is 6.07 Å². The van der Waals surface area contributed by atoms with Crippen LogP contribution in [0.15, 0.2) is 18.2 Å². The van der Waals surface area contributed by atoms with Crippen molar-refractivity contribution in [3.63, 3.8) is 0 Å². The second kappa shape index (κ2) is 4.25. The average Bonchev–Trinajstić information content (AvgIpc) is 2.23. The summed E-state index contributed by atoms with van der Waals surface area (Å²) in [5.41, 5.74) is 1.11. The Morgan fingerprint density at radius 2 is 2.19 bits per heavy atom. The van der Waals surface area contributed by atoms with Crippen molar-refractivity contribution in [2.75, 3.05) is 6.54 Å². The van der Waals surface area contributed by atoms with Crippen molar-refractivity contribution in [2.24, 2.45) is 0 Å². The van der Waals surface area contributed by atoms with Crippen LogP contribution in [0.3, 0.4) is 0 Å². The molecule has 0 atom stereocenters. The molecule has 1 aromatic carbocycles. The van der Waals surface area contributed by atoms with Gasteiger partial charge in [0.25, 0.3) is 5.91 Å². The maximum Gasteiger partial charge on any atom is 0.387 e. The third-order valence-corrected chi connectivity index (χ3v) is 2.66. The topological polar surface area (TPSA) is 29.5 Å². The van der Waals surface area contributed by atoms with Crippen molar-refractivity contribution >= 4 is 17.7 Å². The Morgan fingerprint density at radius 1 is 1.44 bits per heavy atom. The maximum atomic E-state index is 12.0. The van der Waals surface area contributed by atoms with Crippen LogP contribution in [-0.2, 0) is 6.42 Å². The molecule has 1 heterocycles. The van der Waals surface area contributed by atoms with Crippen molar-refractivity contribution in [1.29, 1.82) is 0 Å². The van der Waals surface area contributed by atoms with E-state index in [1.165, 1.54) is 12.1 Å². The van der Waals surface area contributed by atoms with Gasteiger partial charge in [-0.25, -0.2) is 0 Å². The summed E-state index contributed by atoms with van der Waals surface area (Å²) in [7, 11) is 0. The maximum absolute atomic E-state index is 12.0. The van der Waals surface area contributed by atoms with Gasteiger partial charge in [-0.15, -0.1) is 0 Å². The van der Waals surface area contributed by atoms with Crippen LogP contribution in [0.2, 0.25) is 0 Å². The fourth-order valence-corrected chi connectivity index (χ4v) is 1.78. The summed E-state index contributed by atoms with van der Waals surface area (Å²) in [6.45, 7) is -2.48. The van der Waals surface area contributed by atoms with Gasteiger partial charge >= 0.3 is 6.61 Å². The first-order valence-electron chi connectivity index (χ1n) is 4.63. The molecule has 0 saturated heterocycles. The average molecular weight is 248 g/mol. The molecule has 16 heavy (non-hydrogen) atoms. The zero-order chi connectivity index (χ0) is 11.7. The highest BCUT2D eigenvalue weighted by Crippen LogP contribution is 2.25. The van der Waals surface area contributed by atoms with Gasteiger partial charge in [0.15, 0.2) is 0 Å². The van der Waals surface area contributed by atoms with Gasteiger partial charge in [-0.2, -0.15) is 8.78 Å². The van der Waals surface area contributed by atoms with Crippen LogP contribution in [0.1, 0.15) is 15.9 Å². The number of halogens is 3. The highest BCUT2D eigenvalue weighted by Gasteiger charge is 2.23. The quantitative estimate of drug-likeness (QED) is 0.752. The van der Waals surface area contributed by atoms with Crippen LogP contribution in [0.25, 0.3) is 0 Å².